The Morgan fingerprint density at radius 2 is 2.22 bits per heavy atom. The molecule has 0 saturated heterocycles. The Morgan fingerprint density at radius 3 is 2.78 bits per heavy atom. The summed E-state index contributed by atoms with van der Waals surface area (Å²) in [5.74, 6) is 0.879. The minimum Gasteiger partial charge on any atom is -0.496 e. The molecule has 1 aliphatic carbocycles. The average molecular weight is 245 g/mol. The van der Waals surface area contributed by atoms with Crippen molar-refractivity contribution >= 4 is 5.91 Å². The molecule has 0 spiro atoms. The predicted molar refractivity (Wildman–Crippen MR) is 71.7 cm³/mol. The molecule has 2 rings (SSSR count). The van der Waals surface area contributed by atoms with Crippen molar-refractivity contribution in [3.8, 4) is 5.75 Å². The standard InChI is InChI=1S/C15H19NO2/c1-3-11-16-14(17)15(9-6-10-15)12-7-4-5-8-13(12)18-2/h3-5,7-8H,1,6,9-11H2,2H3,(H,16,17). The first kappa shape index (κ1) is 12.7. The molecule has 0 bridgehead atoms. The Morgan fingerprint density at radius 1 is 1.50 bits per heavy atom. The maximum Gasteiger partial charge on any atom is 0.231 e. The Bertz CT molecular complexity index is 450. The number of carbonyl (C=O) groups is 1. The number of ether oxygens (including phenoxy) is 1. The maximum atomic E-state index is 12.4. The predicted octanol–water partition coefficient (Wildman–Crippen LogP) is 2.42. The summed E-state index contributed by atoms with van der Waals surface area (Å²) in [7, 11) is 1.65. The van der Waals surface area contributed by atoms with Crippen molar-refractivity contribution in [1.29, 1.82) is 0 Å². The van der Waals surface area contributed by atoms with Crippen molar-refractivity contribution in [2.75, 3.05) is 13.7 Å². The molecule has 0 unspecified atom stereocenters. The fourth-order valence-electron chi connectivity index (χ4n) is 2.52. The molecule has 3 heteroatoms. The van der Waals surface area contributed by atoms with Gasteiger partial charge in [0.2, 0.25) is 5.91 Å². The molecule has 0 aromatic heterocycles. The van der Waals surface area contributed by atoms with E-state index >= 15 is 0 Å². The zero-order valence-corrected chi connectivity index (χ0v) is 10.7. The van der Waals surface area contributed by atoms with E-state index in [2.05, 4.69) is 11.9 Å². The number of nitrogens with one attached hydrogen (secondary N) is 1. The lowest BCUT2D eigenvalue weighted by molar-refractivity contribution is -0.129. The second-order valence-electron chi connectivity index (χ2n) is 4.63. The normalized spacial score (nSPS) is 16.5. The van der Waals surface area contributed by atoms with Crippen molar-refractivity contribution in [2.45, 2.75) is 24.7 Å². The molecule has 0 aliphatic heterocycles. The van der Waals surface area contributed by atoms with Crippen molar-refractivity contribution in [1.82, 2.24) is 5.32 Å². The molecule has 1 saturated carbocycles. The third-order valence-corrected chi connectivity index (χ3v) is 3.67. The minimum atomic E-state index is -0.407. The van der Waals surface area contributed by atoms with Gasteiger partial charge in [-0.3, -0.25) is 4.79 Å². The van der Waals surface area contributed by atoms with Gasteiger partial charge in [0, 0.05) is 12.1 Å². The van der Waals surface area contributed by atoms with E-state index in [-0.39, 0.29) is 5.91 Å². The van der Waals surface area contributed by atoms with Crippen LogP contribution < -0.4 is 10.1 Å². The van der Waals surface area contributed by atoms with E-state index in [1.54, 1.807) is 13.2 Å². The Hall–Kier alpha value is -1.77. The van der Waals surface area contributed by atoms with Gasteiger partial charge in [-0.1, -0.05) is 30.7 Å². The van der Waals surface area contributed by atoms with Crippen LogP contribution in [0.5, 0.6) is 5.75 Å². The topological polar surface area (TPSA) is 38.3 Å². The average Bonchev–Trinajstić information content (AvgIpc) is 2.35. The second kappa shape index (κ2) is 5.25. The molecular weight excluding hydrogens is 226 g/mol. The van der Waals surface area contributed by atoms with Crippen LogP contribution in [0, 0.1) is 0 Å². The number of hydrogen-bond donors (Lipinski definition) is 1. The van der Waals surface area contributed by atoms with Crippen molar-refractivity contribution < 1.29 is 9.53 Å². The maximum absolute atomic E-state index is 12.4. The molecule has 96 valence electrons. The van der Waals surface area contributed by atoms with Gasteiger partial charge < -0.3 is 10.1 Å². The zero-order valence-electron chi connectivity index (χ0n) is 10.7. The van der Waals surface area contributed by atoms with E-state index in [0.29, 0.717) is 6.54 Å². The van der Waals surface area contributed by atoms with Crippen LogP contribution in [0.15, 0.2) is 36.9 Å². The summed E-state index contributed by atoms with van der Waals surface area (Å²) in [4.78, 5) is 12.4. The highest BCUT2D eigenvalue weighted by Crippen LogP contribution is 2.47. The summed E-state index contributed by atoms with van der Waals surface area (Å²) >= 11 is 0. The lowest BCUT2D eigenvalue weighted by Crippen LogP contribution is -2.49. The lowest BCUT2D eigenvalue weighted by Gasteiger charge is -2.41. The first-order chi connectivity index (χ1) is 8.74. The SMILES string of the molecule is C=CCNC(=O)C1(c2ccccc2OC)CCC1. The molecule has 0 atom stereocenters. The monoisotopic (exact) mass is 245 g/mol. The van der Waals surface area contributed by atoms with Gasteiger partial charge in [0.15, 0.2) is 0 Å². The van der Waals surface area contributed by atoms with Gasteiger partial charge in [-0.2, -0.15) is 0 Å². The molecule has 18 heavy (non-hydrogen) atoms. The van der Waals surface area contributed by atoms with E-state index in [1.165, 1.54) is 0 Å². The van der Waals surface area contributed by atoms with Crippen molar-refractivity contribution in [2.24, 2.45) is 0 Å². The third-order valence-electron chi connectivity index (χ3n) is 3.67. The fraction of sp³-hybridized carbons (Fsp3) is 0.400. The lowest BCUT2D eigenvalue weighted by atomic mass is 9.63. The smallest absolute Gasteiger partial charge is 0.231 e. The highest BCUT2D eigenvalue weighted by molar-refractivity contribution is 5.90. The summed E-state index contributed by atoms with van der Waals surface area (Å²) < 4.78 is 5.38. The third kappa shape index (κ3) is 2.01. The van der Waals surface area contributed by atoms with Crippen LogP contribution in [-0.4, -0.2) is 19.6 Å². The number of rotatable bonds is 5. The van der Waals surface area contributed by atoms with Gasteiger partial charge in [0.25, 0.3) is 0 Å². The van der Waals surface area contributed by atoms with Crippen LogP contribution >= 0.6 is 0 Å². The van der Waals surface area contributed by atoms with Gasteiger partial charge in [0.05, 0.1) is 12.5 Å². The number of para-hydroxylation sites is 1. The number of methoxy groups -OCH3 is 1. The largest absolute Gasteiger partial charge is 0.496 e. The molecule has 1 aromatic carbocycles. The van der Waals surface area contributed by atoms with Crippen LogP contribution in [-0.2, 0) is 10.2 Å². The Kier molecular flexibility index (Phi) is 3.70. The summed E-state index contributed by atoms with van der Waals surface area (Å²) in [5, 5.41) is 2.91. The molecule has 1 fully saturated rings. The van der Waals surface area contributed by atoms with Crippen LogP contribution in [0.1, 0.15) is 24.8 Å². The number of hydrogen-bond acceptors (Lipinski definition) is 2. The molecule has 1 aromatic rings. The van der Waals surface area contributed by atoms with Crippen LogP contribution in [0.3, 0.4) is 0 Å². The van der Waals surface area contributed by atoms with Crippen LogP contribution in [0.2, 0.25) is 0 Å². The van der Waals surface area contributed by atoms with Crippen LogP contribution in [0.4, 0.5) is 0 Å². The second-order valence-corrected chi connectivity index (χ2v) is 4.63. The molecule has 1 amide bonds. The molecule has 0 heterocycles. The summed E-state index contributed by atoms with van der Waals surface area (Å²) in [6.45, 7) is 4.14. The van der Waals surface area contributed by atoms with Gasteiger partial charge in [-0.05, 0) is 18.9 Å². The molecular formula is C15H19NO2. The zero-order chi connectivity index (χ0) is 13.0. The number of carbonyl (C=O) groups excluding carboxylic acids is 1. The first-order valence-electron chi connectivity index (χ1n) is 6.27. The van der Waals surface area contributed by atoms with E-state index in [1.807, 2.05) is 24.3 Å². The molecule has 0 radical (unpaired) electrons. The summed E-state index contributed by atoms with van der Waals surface area (Å²) in [6.07, 6.45) is 4.55. The van der Waals surface area contributed by atoms with Gasteiger partial charge in [-0.15, -0.1) is 6.58 Å². The Balaban J connectivity index is 2.31. The Labute approximate surface area is 108 Å². The highest BCUT2D eigenvalue weighted by atomic mass is 16.5. The molecule has 1 N–H and O–H groups in total. The molecule has 3 nitrogen and oxygen atoms in total. The van der Waals surface area contributed by atoms with E-state index in [0.717, 1.165) is 30.6 Å². The summed E-state index contributed by atoms with van der Waals surface area (Å²) in [6, 6.07) is 7.79. The minimum absolute atomic E-state index is 0.0816. The van der Waals surface area contributed by atoms with Gasteiger partial charge in [0.1, 0.15) is 5.75 Å². The van der Waals surface area contributed by atoms with Crippen molar-refractivity contribution in [3.05, 3.63) is 42.5 Å². The number of amides is 1. The number of benzene rings is 1. The first-order valence-corrected chi connectivity index (χ1v) is 6.27. The highest BCUT2D eigenvalue weighted by Gasteiger charge is 2.46. The fourth-order valence-corrected chi connectivity index (χ4v) is 2.52. The van der Waals surface area contributed by atoms with E-state index in [4.69, 9.17) is 4.74 Å². The van der Waals surface area contributed by atoms with Crippen molar-refractivity contribution in [3.63, 3.8) is 0 Å². The van der Waals surface area contributed by atoms with Crippen LogP contribution in [0.25, 0.3) is 0 Å². The van der Waals surface area contributed by atoms with Gasteiger partial charge in [-0.25, -0.2) is 0 Å². The quantitative estimate of drug-likeness (QED) is 0.809. The summed E-state index contributed by atoms with van der Waals surface area (Å²) in [5.41, 5.74) is 0.593. The van der Waals surface area contributed by atoms with Gasteiger partial charge >= 0.3 is 0 Å². The van der Waals surface area contributed by atoms with E-state index < -0.39 is 5.41 Å². The molecule has 1 aliphatic rings. The van der Waals surface area contributed by atoms with E-state index in [9.17, 15) is 4.79 Å².